The van der Waals surface area contributed by atoms with Crippen LogP contribution in [0.4, 0.5) is 0 Å². The molecule has 1 aromatic carbocycles. The van der Waals surface area contributed by atoms with Gasteiger partial charge in [-0.15, -0.1) is 0 Å². The largest absolute Gasteiger partial charge is 0.349 e. The average Bonchev–Trinajstić information content (AvgIpc) is 3.38. The van der Waals surface area contributed by atoms with E-state index in [4.69, 9.17) is 0 Å². The standard InChI is InChI=1S/C17H14N4O/c22-17(20-12-5-6-12)14-7-16(11-8-18-10-19-9-11)21-15-4-2-1-3-13(14)15/h1-4,7-10,12H,5-6H2,(H,20,22). The number of rotatable bonds is 3. The number of hydrogen-bond acceptors (Lipinski definition) is 4. The van der Waals surface area contributed by atoms with Gasteiger partial charge in [0.1, 0.15) is 6.33 Å². The molecule has 0 unspecified atom stereocenters. The molecule has 22 heavy (non-hydrogen) atoms. The van der Waals surface area contributed by atoms with Gasteiger partial charge >= 0.3 is 0 Å². The summed E-state index contributed by atoms with van der Waals surface area (Å²) >= 11 is 0. The van der Waals surface area contributed by atoms with Gasteiger partial charge in [0.25, 0.3) is 5.91 Å². The average molecular weight is 290 g/mol. The van der Waals surface area contributed by atoms with Gasteiger partial charge in [0.15, 0.2) is 0 Å². The normalized spacial score (nSPS) is 14.0. The van der Waals surface area contributed by atoms with E-state index < -0.39 is 0 Å². The van der Waals surface area contributed by atoms with E-state index in [2.05, 4.69) is 20.3 Å². The van der Waals surface area contributed by atoms with Gasteiger partial charge in [-0.2, -0.15) is 0 Å². The molecule has 0 aliphatic heterocycles. The molecule has 0 bridgehead atoms. The van der Waals surface area contributed by atoms with Crippen LogP contribution in [0, 0.1) is 0 Å². The van der Waals surface area contributed by atoms with E-state index in [1.54, 1.807) is 12.4 Å². The second-order valence-electron chi connectivity index (χ2n) is 5.45. The van der Waals surface area contributed by atoms with Crippen LogP contribution in [0.2, 0.25) is 0 Å². The Balaban J connectivity index is 1.87. The quantitative estimate of drug-likeness (QED) is 0.805. The molecule has 0 spiro atoms. The Morgan fingerprint density at radius 1 is 1.14 bits per heavy atom. The Kier molecular flexibility index (Phi) is 3.04. The number of nitrogens with one attached hydrogen (secondary N) is 1. The summed E-state index contributed by atoms with van der Waals surface area (Å²) < 4.78 is 0. The number of aromatic nitrogens is 3. The van der Waals surface area contributed by atoms with Crippen LogP contribution in [-0.2, 0) is 0 Å². The third-order valence-corrected chi connectivity index (χ3v) is 3.73. The Bertz CT molecular complexity index is 844. The fraction of sp³-hybridized carbons (Fsp3) is 0.176. The van der Waals surface area contributed by atoms with Gasteiger partial charge in [0, 0.05) is 29.4 Å². The summed E-state index contributed by atoms with van der Waals surface area (Å²) in [5.41, 5.74) is 2.95. The Hall–Kier alpha value is -2.82. The maximum atomic E-state index is 12.5. The van der Waals surface area contributed by atoms with E-state index in [1.807, 2.05) is 30.3 Å². The van der Waals surface area contributed by atoms with E-state index in [9.17, 15) is 4.79 Å². The highest BCUT2D eigenvalue weighted by atomic mass is 16.1. The molecule has 1 amide bonds. The molecule has 1 saturated carbocycles. The molecule has 5 nitrogen and oxygen atoms in total. The molecule has 1 aliphatic rings. The lowest BCUT2D eigenvalue weighted by Crippen LogP contribution is -2.25. The Morgan fingerprint density at radius 3 is 2.68 bits per heavy atom. The molecule has 1 N–H and O–H groups in total. The lowest BCUT2D eigenvalue weighted by atomic mass is 10.0. The zero-order valence-corrected chi connectivity index (χ0v) is 11.9. The van der Waals surface area contributed by atoms with Crippen LogP contribution < -0.4 is 5.32 Å². The van der Waals surface area contributed by atoms with E-state index in [0.29, 0.717) is 17.3 Å². The molecule has 2 aromatic heterocycles. The van der Waals surface area contributed by atoms with E-state index in [-0.39, 0.29) is 5.91 Å². The first-order chi connectivity index (χ1) is 10.8. The summed E-state index contributed by atoms with van der Waals surface area (Å²) in [5, 5.41) is 3.91. The molecule has 1 aliphatic carbocycles. The molecule has 0 saturated heterocycles. The maximum Gasteiger partial charge on any atom is 0.252 e. The Morgan fingerprint density at radius 2 is 1.91 bits per heavy atom. The monoisotopic (exact) mass is 290 g/mol. The van der Waals surface area contributed by atoms with Gasteiger partial charge in [0.05, 0.1) is 16.8 Å². The minimum Gasteiger partial charge on any atom is -0.349 e. The highest BCUT2D eigenvalue weighted by Crippen LogP contribution is 2.25. The predicted molar refractivity (Wildman–Crippen MR) is 83.3 cm³/mol. The smallest absolute Gasteiger partial charge is 0.252 e. The van der Waals surface area contributed by atoms with Crippen LogP contribution in [0.1, 0.15) is 23.2 Å². The number of carbonyl (C=O) groups excluding carboxylic acids is 1. The second kappa shape index (κ2) is 5.18. The third-order valence-electron chi connectivity index (χ3n) is 3.73. The minimum absolute atomic E-state index is 0.0424. The first kappa shape index (κ1) is 12.9. The topological polar surface area (TPSA) is 67.8 Å². The van der Waals surface area contributed by atoms with Crippen molar-refractivity contribution >= 4 is 16.8 Å². The van der Waals surface area contributed by atoms with Crippen molar-refractivity contribution in [3.8, 4) is 11.3 Å². The number of benzene rings is 1. The number of fused-ring (bicyclic) bond motifs is 1. The molecule has 0 atom stereocenters. The van der Waals surface area contributed by atoms with E-state index in [0.717, 1.165) is 29.3 Å². The summed E-state index contributed by atoms with van der Waals surface area (Å²) in [4.78, 5) is 25.2. The molecule has 5 heteroatoms. The van der Waals surface area contributed by atoms with Crippen molar-refractivity contribution in [2.45, 2.75) is 18.9 Å². The number of nitrogens with zero attached hydrogens (tertiary/aromatic N) is 3. The van der Waals surface area contributed by atoms with Crippen molar-refractivity contribution in [2.24, 2.45) is 0 Å². The fourth-order valence-corrected chi connectivity index (χ4v) is 2.43. The molecular formula is C17H14N4O. The van der Waals surface area contributed by atoms with Crippen LogP contribution in [0.25, 0.3) is 22.2 Å². The van der Waals surface area contributed by atoms with Crippen molar-refractivity contribution in [3.05, 3.63) is 54.6 Å². The second-order valence-corrected chi connectivity index (χ2v) is 5.45. The van der Waals surface area contributed by atoms with Crippen LogP contribution in [0.15, 0.2) is 49.1 Å². The number of para-hydroxylation sites is 1. The number of amides is 1. The Labute approximate surface area is 127 Å². The zero-order valence-electron chi connectivity index (χ0n) is 11.9. The van der Waals surface area contributed by atoms with Gasteiger partial charge in [-0.05, 0) is 25.0 Å². The molecule has 1 fully saturated rings. The summed E-state index contributed by atoms with van der Waals surface area (Å²) in [6.45, 7) is 0. The summed E-state index contributed by atoms with van der Waals surface area (Å²) in [7, 11) is 0. The molecule has 4 rings (SSSR count). The van der Waals surface area contributed by atoms with Crippen molar-refractivity contribution in [1.29, 1.82) is 0 Å². The minimum atomic E-state index is -0.0424. The molecule has 3 aromatic rings. The van der Waals surface area contributed by atoms with Crippen molar-refractivity contribution < 1.29 is 4.79 Å². The van der Waals surface area contributed by atoms with Crippen LogP contribution in [0.3, 0.4) is 0 Å². The van der Waals surface area contributed by atoms with Gasteiger partial charge < -0.3 is 5.32 Å². The first-order valence-electron chi connectivity index (χ1n) is 7.27. The van der Waals surface area contributed by atoms with Crippen LogP contribution >= 0.6 is 0 Å². The van der Waals surface area contributed by atoms with Crippen molar-refractivity contribution in [2.75, 3.05) is 0 Å². The van der Waals surface area contributed by atoms with Crippen LogP contribution in [0.5, 0.6) is 0 Å². The lowest BCUT2D eigenvalue weighted by molar-refractivity contribution is 0.0952. The van der Waals surface area contributed by atoms with Gasteiger partial charge in [-0.25, -0.2) is 15.0 Å². The predicted octanol–water partition coefficient (Wildman–Crippen LogP) is 2.58. The van der Waals surface area contributed by atoms with Crippen molar-refractivity contribution in [1.82, 2.24) is 20.3 Å². The molecule has 2 heterocycles. The number of hydrogen-bond donors (Lipinski definition) is 1. The fourth-order valence-electron chi connectivity index (χ4n) is 2.43. The number of carbonyl (C=O) groups is 1. The molecular weight excluding hydrogens is 276 g/mol. The van der Waals surface area contributed by atoms with Gasteiger partial charge in [0.2, 0.25) is 0 Å². The van der Waals surface area contributed by atoms with E-state index >= 15 is 0 Å². The molecule has 108 valence electrons. The SMILES string of the molecule is O=C(NC1CC1)c1cc(-c2cncnc2)nc2ccccc12. The van der Waals surface area contributed by atoms with Gasteiger partial charge in [-0.1, -0.05) is 18.2 Å². The lowest BCUT2D eigenvalue weighted by Gasteiger charge is -2.09. The highest BCUT2D eigenvalue weighted by Gasteiger charge is 2.25. The van der Waals surface area contributed by atoms with Gasteiger partial charge in [-0.3, -0.25) is 4.79 Å². The first-order valence-corrected chi connectivity index (χ1v) is 7.27. The van der Waals surface area contributed by atoms with Crippen molar-refractivity contribution in [3.63, 3.8) is 0 Å². The summed E-state index contributed by atoms with van der Waals surface area (Å²) in [6.07, 6.45) is 7.01. The highest BCUT2D eigenvalue weighted by molar-refractivity contribution is 6.07. The summed E-state index contributed by atoms with van der Waals surface area (Å²) in [6, 6.07) is 9.82. The molecule has 0 radical (unpaired) electrons. The maximum absolute atomic E-state index is 12.5. The van der Waals surface area contributed by atoms with Crippen LogP contribution in [-0.4, -0.2) is 26.9 Å². The third kappa shape index (κ3) is 2.41. The van der Waals surface area contributed by atoms with E-state index in [1.165, 1.54) is 6.33 Å². The zero-order chi connectivity index (χ0) is 14.9. The number of pyridine rings is 1. The summed E-state index contributed by atoms with van der Waals surface area (Å²) in [5.74, 6) is -0.0424.